The second kappa shape index (κ2) is 7.15. The molecule has 3 heterocycles. The number of rotatable bonds is 2. The van der Waals surface area contributed by atoms with Crippen LogP contribution in [-0.4, -0.2) is 17.9 Å². The predicted octanol–water partition coefficient (Wildman–Crippen LogP) is 5.15. The maximum atomic E-state index is 12.1. The number of benzene rings is 1. The van der Waals surface area contributed by atoms with Gasteiger partial charge in [0.05, 0.1) is 25.0 Å². The summed E-state index contributed by atoms with van der Waals surface area (Å²) in [4.78, 5) is 13.7. The number of furan rings is 1. The van der Waals surface area contributed by atoms with E-state index in [-0.39, 0.29) is 11.9 Å². The number of amides is 1. The zero-order valence-corrected chi connectivity index (χ0v) is 15.5. The number of thiophene rings is 1. The Balaban J connectivity index is 0.000000880. The van der Waals surface area contributed by atoms with Gasteiger partial charge in [-0.05, 0) is 22.4 Å². The maximum Gasteiger partial charge on any atom is 0.230 e. The molecule has 4 nitrogen and oxygen atoms in total. The van der Waals surface area contributed by atoms with Crippen molar-refractivity contribution in [1.29, 1.82) is 0 Å². The first-order chi connectivity index (χ1) is 12.1. The minimum absolute atomic E-state index is 0.0282. The third kappa shape index (κ3) is 3.07. The summed E-state index contributed by atoms with van der Waals surface area (Å²) in [6.07, 6.45) is 3.88. The zero-order chi connectivity index (χ0) is 18.0. The largest absolute Gasteiger partial charge is 0.472 e. The Hall–Kier alpha value is -2.53. The standard InChI is InChI=1S/C18H16N2O2S.C2H6/c1-11-19-16(8-17(21)20(11)2)15-10-23-18-13(4-3-5-14(15)18)12-6-7-22-9-12;1-2/h3-7,9-10,16,19H,1,8H2,2H3;1-2H3. The van der Waals surface area contributed by atoms with Crippen molar-refractivity contribution in [1.82, 2.24) is 10.2 Å². The number of nitrogens with zero attached hydrogens (tertiary/aromatic N) is 1. The van der Waals surface area contributed by atoms with Crippen molar-refractivity contribution in [3.8, 4) is 11.1 Å². The molecule has 1 unspecified atom stereocenters. The SMILES string of the molecule is C=C1NC(c2csc3c(-c4ccoc4)cccc23)CC(=O)N1C.CC. The monoisotopic (exact) mass is 354 g/mol. The first-order valence-corrected chi connectivity index (χ1v) is 9.28. The fourth-order valence-electron chi connectivity index (χ4n) is 2.99. The van der Waals surface area contributed by atoms with Crippen LogP contribution in [-0.2, 0) is 4.79 Å². The highest BCUT2D eigenvalue weighted by Gasteiger charge is 2.28. The lowest BCUT2D eigenvalue weighted by Crippen LogP contribution is -2.42. The molecular formula is C20H22N2O2S. The van der Waals surface area contributed by atoms with Gasteiger partial charge in [0.25, 0.3) is 0 Å². The van der Waals surface area contributed by atoms with Crippen molar-refractivity contribution in [3.63, 3.8) is 0 Å². The van der Waals surface area contributed by atoms with Crippen molar-refractivity contribution < 1.29 is 9.21 Å². The summed E-state index contributed by atoms with van der Waals surface area (Å²) in [6.45, 7) is 7.93. The number of hydrogen-bond donors (Lipinski definition) is 1. The van der Waals surface area contributed by atoms with Gasteiger partial charge in [0.15, 0.2) is 0 Å². The van der Waals surface area contributed by atoms with E-state index in [0.29, 0.717) is 12.2 Å². The Labute approximate surface area is 151 Å². The molecule has 0 spiro atoms. The van der Waals surface area contributed by atoms with Crippen molar-refractivity contribution in [2.24, 2.45) is 0 Å². The number of hydrogen-bond acceptors (Lipinski definition) is 4. The molecule has 2 aromatic heterocycles. The molecule has 0 saturated carbocycles. The highest BCUT2D eigenvalue weighted by molar-refractivity contribution is 7.18. The highest BCUT2D eigenvalue weighted by atomic mass is 32.1. The zero-order valence-electron chi connectivity index (χ0n) is 14.7. The van der Waals surface area contributed by atoms with Crippen LogP contribution in [0.1, 0.15) is 31.9 Å². The van der Waals surface area contributed by atoms with Gasteiger partial charge in [0.2, 0.25) is 5.91 Å². The van der Waals surface area contributed by atoms with Gasteiger partial charge in [-0.2, -0.15) is 0 Å². The van der Waals surface area contributed by atoms with E-state index in [4.69, 9.17) is 4.42 Å². The van der Waals surface area contributed by atoms with Crippen LogP contribution in [0.5, 0.6) is 0 Å². The minimum Gasteiger partial charge on any atom is -0.472 e. The third-order valence-electron chi connectivity index (χ3n) is 4.34. The maximum absolute atomic E-state index is 12.1. The first-order valence-electron chi connectivity index (χ1n) is 8.40. The summed E-state index contributed by atoms with van der Waals surface area (Å²) in [7, 11) is 1.75. The fraction of sp³-hybridized carbons (Fsp3) is 0.250. The van der Waals surface area contributed by atoms with Crippen molar-refractivity contribution >= 4 is 27.3 Å². The molecule has 0 aliphatic carbocycles. The highest BCUT2D eigenvalue weighted by Crippen LogP contribution is 2.39. The van der Waals surface area contributed by atoms with Gasteiger partial charge in [0.1, 0.15) is 5.82 Å². The van der Waals surface area contributed by atoms with E-state index in [1.807, 2.05) is 26.0 Å². The van der Waals surface area contributed by atoms with Gasteiger partial charge in [-0.1, -0.05) is 38.6 Å². The number of fused-ring (bicyclic) bond motifs is 1. The lowest BCUT2D eigenvalue weighted by atomic mass is 9.98. The number of carbonyl (C=O) groups excluding carboxylic acids is 1. The van der Waals surface area contributed by atoms with Crippen LogP contribution >= 0.6 is 11.3 Å². The predicted molar refractivity (Wildman–Crippen MR) is 103 cm³/mol. The average Bonchev–Trinajstić information content (AvgIpc) is 3.30. The molecule has 3 aromatic rings. The lowest BCUT2D eigenvalue weighted by molar-refractivity contribution is -0.130. The first kappa shape index (κ1) is 17.3. The lowest BCUT2D eigenvalue weighted by Gasteiger charge is -2.32. The molecule has 1 aliphatic heterocycles. The molecule has 1 saturated heterocycles. The van der Waals surface area contributed by atoms with Gasteiger partial charge in [-0.15, -0.1) is 11.3 Å². The van der Waals surface area contributed by atoms with Gasteiger partial charge in [0, 0.05) is 22.9 Å². The van der Waals surface area contributed by atoms with E-state index < -0.39 is 0 Å². The van der Waals surface area contributed by atoms with Crippen molar-refractivity contribution in [3.05, 3.63) is 60.1 Å². The van der Waals surface area contributed by atoms with E-state index in [2.05, 4.69) is 29.4 Å². The molecule has 5 heteroatoms. The molecule has 4 rings (SSSR count). The van der Waals surface area contributed by atoms with Gasteiger partial charge < -0.3 is 14.6 Å². The molecule has 25 heavy (non-hydrogen) atoms. The Kier molecular flexibility index (Phi) is 4.95. The Morgan fingerprint density at radius 1 is 1.32 bits per heavy atom. The van der Waals surface area contributed by atoms with E-state index >= 15 is 0 Å². The summed E-state index contributed by atoms with van der Waals surface area (Å²) in [5.41, 5.74) is 3.38. The minimum atomic E-state index is -0.0282. The molecule has 1 atom stereocenters. The van der Waals surface area contributed by atoms with Crippen LogP contribution in [0.4, 0.5) is 0 Å². The van der Waals surface area contributed by atoms with Crippen molar-refractivity contribution in [2.75, 3.05) is 7.05 Å². The molecule has 1 aromatic carbocycles. The molecule has 0 radical (unpaired) electrons. The average molecular weight is 354 g/mol. The van der Waals surface area contributed by atoms with Crippen LogP contribution < -0.4 is 5.32 Å². The molecule has 1 fully saturated rings. The normalized spacial score (nSPS) is 17.2. The molecule has 0 bridgehead atoms. The van der Waals surface area contributed by atoms with Gasteiger partial charge in [-0.3, -0.25) is 4.79 Å². The number of nitrogens with one attached hydrogen (secondary N) is 1. The summed E-state index contributed by atoms with van der Waals surface area (Å²) in [5.74, 6) is 0.737. The van der Waals surface area contributed by atoms with Crippen LogP contribution in [0, 0.1) is 0 Å². The van der Waals surface area contributed by atoms with Gasteiger partial charge >= 0.3 is 0 Å². The molecule has 1 N–H and O–H groups in total. The summed E-state index contributed by atoms with van der Waals surface area (Å²) in [6, 6.07) is 8.19. The van der Waals surface area contributed by atoms with E-state index in [9.17, 15) is 4.79 Å². The van der Waals surface area contributed by atoms with Crippen LogP contribution in [0.25, 0.3) is 21.2 Å². The second-order valence-corrected chi connectivity index (χ2v) is 6.57. The number of carbonyl (C=O) groups is 1. The second-order valence-electron chi connectivity index (χ2n) is 5.69. The fourth-order valence-corrected chi connectivity index (χ4v) is 4.15. The third-order valence-corrected chi connectivity index (χ3v) is 5.38. The molecule has 1 aliphatic rings. The van der Waals surface area contributed by atoms with E-state index in [1.54, 1.807) is 35.8 Å². The Morgan fingerprint density at radius 3 is 2.80 bits per heavy atom. The quantitative estimate of drug-likeness (QED) is 0.692. The van der Waals surface area contributed by atoms with Crippen LogP contribution in [0.3, 0.4) is 0 Å². The van der Waals surface area contributed by atoms with Crippen LogP contribution in [0.15, 0.2) is 59.0 Å². The Morgan fingerprint density at radius 2 is 2.12 bits per heavy atom. The topological polar surface area (TPSA) is 45.5 Å². The van der Waals surface area contributed by atoms with E-state index in [1.165, 1.54) is 10.1 Å². The molecule has 1 amide bonds. The summed E-state index contributed by atoms with van der Waals surface area (Å²) in [5, 5.41) is 6.66. The van der Waals surface area contributed by atoms with E-state index in [0.717, 1.165) is 16.7 Å². The smallest absolute Gasteiger partial charge is 0.230 e. The summed E-state index contributed by atoms with van der Waals surface area (Å²) < 4.78 is 6.42. The van der Waals surface area contributed by atoms with Gasteiger partial charge in [-0.25, -0.2) is 0 Å². The molecular weight excluding hydrogens is 332 g/mol. The Bertz CT molecular complexity index is 878. The van der Waals surface area contributed by atoms with Crippen molar-refractivity contribution in [2.45, 2.75) is 26.3 Å². The summed E-state index contributed by atoms with van der Waals surface area (Å²) >= 11 is 1.70. The molecule has 130 valence electrons. The van der Waals surface area contributed by atoms with Crippen LogP contribution in [0.2, 0.25) is 0 Å².